The van der Waals surface area contributed by atoms with Crippen molar-refractivity contribution in [3.05, 3.63) is 0 Å². The highest BCUT2D eigenvalue weighted by atomic mass is 32.2. The average molecular weight is 1190 g/mol. The summed E-state index contributed by atoms with van der Waals surface area (Å²) in [7, 11) is 0. The molecule has 0 radical (unpaired) electrons. The van der Waals surface area contributed by atoms with Gasteiger partial charge in [-0.05, 0) is 19.3 Å². The fraction of sp³-hybridized carbons (Fsp3) is 0.915. The first-order valence-corrected chi connectivity index (χ1v) is 27.9. The van der Waals surface area contributed by atoms with Crippen LogP contribution in [0, 0.1) is 0 Å². The summed E-state index contributed by atoms with van der Waals surface area (Å²) in [5.74, 6) is -0.798. The van der Waals surface area contributed by atoms with E-state index >= 15 is 0 Å². The van der Waals surface area contributed by atoms with E-state index in [1.807, 2.05) is 0 Å². The molecule has 0 spiro atoms. The molecule has 7 heterocycles. The van der Waals surface area contributed by atoms with Crippen molar-refractivity contribution in [2.75, 3.05) is 51.9 Å². The number of hydrogen-bond acceptors (Lipinski definition) is 29. The Morgan fingerprint density at radius 2 is 1.05 bits per heavy atom. The minimum absolute atomic E-state index is 0.0637. The van der Waals surface area contributed by atoms with Crippen LogP contribution in [0.2, 0.25) is 0 Å². The molecule has 28 unspecified atom stereocenters. The third-order valence-electron chi connectivity index (χ3n) is 15.1. The molecule has 81 heavy (non-hydrogen) atoms. The van der Waals surface area contributed by atoms with Crippen molar-refractivity contribution >= 4 is 35.5 Å². The molecule has 0 aliphatic carbocycles. The Balaban J connectivity index is 0.998. The van der Waals surface area contributed by atoms with E-state index in [-0.39, 0.29) is 55.3 Å². The van der Waals surface area contributed by atoms with Gasteiger partial charge in [-0.2, -0.15) is 11.8 Å². The molecule has 33 nitrogen and oxygen atoms in total. The molecule has 0 aromatic heterocycles. The minimum Gasteiger partial charge on any atom is -0.394 e. The molecular weight excluding hydrogens is 1110 g/mol. The molecule has 0 aromatic carbocycles. The van der Waals surface area contributed by atoms with Crippen LogP contribution in [0.25, 0.3) is 0 Å². The van der Waals surface area contributed by atoms with Gasteiger partial charge >= 0.3 is 6.03 Å². The van der Waals surface area contributed by atoms with Crippen LogP contribution in [0.15, 0.2) is 0 Å². The van der Waals surface area contributed by atoms with Gasteiger partial charge in [0.1, 0.15) is 122 Å². The van der Waals surface area contributed by atoms with Crippen LogP contribution < -0.4 is 26.6 Å². The lowest BCUT2D eigenvalue weighted by atomic mass is 9.94. The summed E-state index contributed by atoms with van der Waals surface area (Å²) in [6.07, 6.45) is -39.4. The largest absolute Gasteiger partial charge is 0.394 e. The fourth-order valence-electron chi connectivity index (χ4n) is 10.7. The highest BCUT2D eigenvalue weighted by Gasteiger charge is 2.57. The number of fused-ring (bicyclic) bond motifs is 1. The topological polar surface area (TPSA) is 504 Å². The van der Waals surface area contributed by atoms with E-state index in [9.17, 15) is 90.7 Å². The van der Waals surface area contributed by atoms with Crippen LogP contribution in [-0.2, 0) is 61.8 Å². The number of carbonyl (C=O) groups excluding carboxylic acids is 4. The van der Waals surface area contributed by atoms with Crippen molar-refractivity contribution < 1.29 is 138 Å². The van der Waals surface area contributed by atoms with Crippen molar-refractivity contribution in [3.63, 3.8) is 0 Å². The molecule has 5 amide bonds. The average Bonchev–Trinajstić information content (AvgIpc) is 4.22. The van der Waals surface area contributed by atoms with E-state index in [0.29, 0.717) is 6.42 Å². The van der Waals surface area contributed by atoms with Crippen LogP contribution in [0.1, 0.15) is 46.0 Å². The van der Waals surface area contributed by atoms with E-state index in [1.165, 1.54) is 0 Å². The summed E-state index contributed by atoms with van der Waals surface area (Å²) in [6.45, 7) is -2.13. The van der Waals surface area contributed by atoms with Gasteiger partial charge in [-0.1, -0.05) is 6.42 Å². The molecule has 7 aliphatic heterocycles. The van der Waals surface area contributed by atoms with Crippen LogP contribution >= 0.6 is 11.8 Å². The predicted octanol–water partition coefficient (Wildman–Crippen LogP) is -10.4. The van der Waals surface area contributed by atoms with Gasteiger partial charge in [0.05, 0.1) is 51.7 Å². The molecule has 19 N–H and O–H groups in total. The lowest BCUT2D eigenvalue weighted by Crippen LogP contribution is -2.70. The highest BCUT2D eigenvalue weighted by molar-refractivity contribution is 8.00. The van der Waals surface area contributed by atoms with Crippen molar-refractivity contribution in [1.29, 1.82) is 0 Å². The van der Waals surface area contributed by atoms with Crippen molar-refractivity contribution in [2.24, 2.45) is 0 Å². The Bertz CT molecular complexity index is 2030. The van der Waals surface area contributed by atoms with Gasteiger partial charge in [-0.3, -0.25) is 14.4 Å². The number of aliphatic hydroxyl groups is 14. The van der Waals surface area contributed by atoms with Gasteiger partial charge in [0.25, 0.3) is 0 Å². The van der Waals surface area contributed by atoms with E-state index in [1.54, 1.807) is 11.8 Å². The predicted molar refractivity (Wildman–Crippen MR) is 265 cm³/mol. The van der Waals surface area contributed by atoms with Gasteiger partial charge in [0.15, 0.2) is 31.5 Å². The first-order chi connectivity index (χ1) is 38.6. The Morgan fingerprint density at radius 1 is 0.543 bits per heavy atom. The molecule has 28 atom stereocenters. The van der Waals surface area contributed by atoms with Gasteiger partial charge < -0.3 is 145 Å². The molecule has 7 saturated heterocycles. The zero-order valence-electron chi connectivity index (χ0n) is 44.2. The maximum atomic E-state index is 12.7. The second-order valence-corrected chi connectivity index (χ2v) is 22.2. The SMILES string of the molecule is CC(=O)NC1C(OC2C(CO)OC(OCCCNC(=O)CCCCC3SCC4NC(=O)NC43)C(NC(C)=O)C2O)OC(CO)C(OC2OC(COC3OC(CO)C(O)C(O)C3O)C(O)C(OC3OC(CO)C(O)C(O)C3O)C2O)C1O. The second-order valence-electron chi connectivity index (χ2n) is 20.9. The van der Waals surface area contributed by atoms with Crippen LogP contribution in [0.4, 0.5) is 4.79 Å². The molecule has 0 bridgehead atoms. The first kappa shape index (κ1) is 65.6. The number of thioether (sulfide) groups is 1. The third kappa shape index (κ3) is 15.7. The molecule has 7 aliphatic rings. The van der Waals surface area contributed by atoms with Gasteiger partial charge in [0, 0.05) is 37.8 Å². The summed E-state index contributed by atoms with van der Waals surface area (Å²) in [6, 6.07) is -3.08. The molecule has 466 valence electrons. The van der Waals surface area contributed by atoms with Gasteiger partial charge in [-0.25, -0.2) is 4.79 Å². The number of urea groups is 1. The smallest absolute Gasteiger partial charge is 0.315 e. The first-order valence-electron chi connectivity index (χ1n) is 26.8. The van der Waals surface area contributed by atoms with Crippen molar-refractivity contribution in [2.45, 2.75) is 217 Å². The number of amides is 5. The second kappa shape index (κ2) is 29.9. The fourth-order valence-corrected chi connectivity index (χ4v) is 12.3. The summed E-state index contributed by atoms with van der Waals surface area (Å²) in [5.41, 5.74) is 0. The number of rotatable bonds is 25. The maximum absolute atomic E-state index is 12.7. The van der Waals surface area contributed by atoms with E-state index in [4.69, 9.17) is 47.4 Å². The van der Waals surface area contributed by atoms with Crippen molar-refractivity contribution in [3.8, 4) is 0 Å². The normalized spacial score (nSPS) is 44.4. The number of ether oxygens (including phenoxy) is 10. The van der Waals surface area contributed by atoms with Crippen LogP contribution in [0.5, 0.6) is 0 Å². The standard InChI is InChI=1S/C47H79N5O28S/c1-16(57)49-27-32(63)39(21(12-55)75-42(27)71-9-5-8-48-25(59)7-4-3-6-24-26-18(15-81-24)51-47(70)52-26)78-43-28(50-17(2)58)33(64)40(22(13-56)76-43)79-46-38(69)41(80-45-37(68)35(66)30(61)20(11-54)74-45)31(62)23(77-46)14-72-44-36(67)34(65)29(60)19(10-53)73-44/h18-24,26-46,53-56,60-69H,3-15H2,1-2H3,(H,48,59)(H,49,57)(H,50,58)(H2,51,52,70). The van der Waals surface area contributed by atoms with Crippen LogP contribution in [0.3, 0.4) is 0 Å². The lowest BCUT2D eigenvalue weighted by molar-refractivity contribution is -0.384. The molecule has 34 heteroatoms. The minimum atomic E-state index is -2.21. The Hall–Kier alpha value is -2.93. The van der Waals surface area contributed by atoms with E-state index in [0.717, 1.165) is 32.4 Å². The quantitative estimate of drug-likeness (QED) is 0.0298. The monoisotopic (exact) mass is 1190 g/mol. The van der Waals surface area contributed by atoms with Gasteiger partial charge in [-0.15, -0.1) is 0 Å². The number of unbranched alkanes of at least 4 members (excludes halogenated alkanes) is 1. The summed E-state index contributed by atoms with van der Waals surface area (Å²) >= 11 is 1.79. The Morgan fingerprint density at radius 3 is 1.64 bits per heavy atom. The number of hydrogen-bond donors (Lipinski definition) is 19. The molecule has 0 aromatic rings. The van der Waals surface area contributed by atoms with Gasteiger partial charge in [0.2, 0.25) is 17.7 Å². The van der Waals surface area contributed by atoms with Crippen LogP contribution in [-0.4, -0.2) is 318 Å². The summed E-state index contributed by atoms with van der Waals surface area (Å²) < 4.78 is 58.2. The molecule has 7 fully saturated rings. The zero-order chi connectivity index (χ0) is 59.0. The highest BCUT2D eigenvalue weighted by Crippen LogP contribution is 2.37. The molecule has 0 saturated carbocycles. The lowest BCUT2D eigenvalue weighted by Gasteiger charge is -2.50. The Kier molecular flexibility index (Phi) is 24.2. The van der Waals surface area contributed by atoms with Crippen molar-refractivity contribution in [1.82, 2.24) is 26.6 Å². The summed E-state index contributed by atoms with van der Waals surface area (Å²) in [4.78, 5) is 49.5. The molecule has 7 rings (SSSR count). The summed E-state index contributed by atoms with van der Waals surface area (Å²) in [5, 5.41) is 165. The number of aliphatic hydroxyl groups excluding tert-OH is 14. The number of nitrogens with one attached hydrogen (secondary N) is 5. The Labute approximate surface area is 467 Å². The molecular formula is C47H79N5O28S. The third-order valence-corrected chi connectivity index (χ3v) is 16.6. The number of carbonyl (C=O) groups is 4. The van der Waals surface area contributed by atoms with E-state index in [2.05, 4.69) is 26.6 Å². The maximum Gasteiger partial charge on any atom is 0.315 e. The zero-order valence-corrected chi connectivity index (χ0v) is 45.1. The van der Waals surface area contributed by atoms with E-state index < -0.39 is 198 Å².